The maximum atomic E-state index is 12.5. The van der Waals surface area contributed by atoms with E-state index in [0.29, 0.717) is 10.4 Å². The molecule has 1 heterocycles. The average molecular weight is 347 g/mol. The van der Waals surface area contributed by atoms with Crippen LogP contribution in [0.25, 0.3) is 10.1 Å². The molecule has 124 valence electrons. The van der Waals surface area contributed by atoms with Crippen LogP contribution in [0.5, 0.6) is 5.75 Å². The van der Waals surface area contributed by atoms with E-state index in [4.69, 9.17) is 0 Å². The Morgan fingerprint density at radius 1 is 1.17 bits per heavy atom. The number of ether oxygens (including phenoxy) is 1. The number of aryl methyl sites for hydroxylation is 1. The number of thiophene rings is 1. The van der Waals surface area contributed by atoms with E-state index in [1.54, 1.807) is 18.2 Å². The maximum Gasteiger partial charge on any atom is 0.387 e. The Morgan fingerprint density at radius 2 is 1.88 bits per heavy atom. The molecular formula is C18H15F2NO2S. The fourth-order valence-corrected chi connectivity index (χ4v) is 3.63. The second-order valence-corrected chi connectivity index (χ2v) is 6.27. The Kier molecular flexibility index (Phi) is 4.76. The molecule has 0 bridgehead atoms. The number of halogens is 2. The van der Waals surface area contributed by atoms with Crippen LogP contribution < -0.4 is 10.1 Å². The quantitative estimate of drug-likeness (QED) is 0.724. The highest BCUT2D eigenvalue weighted by atomic mass is 32.1. The minimum atomic E-state index is -2.90. The number of alkyl halides is 2. The first kappa shape index (κ1) is 16.4. The summed E-state index contributed by atoms with van der Waals surface area (Å²) in [6.07, 6.45) is 0. The van der Waals surface area contributed by atoms with E-state index < -0.39 is 6.61 Å². The molecule has 0 atom stereocenters. The van der Waals surface area contributed by atoms with Gasteiger partial charge in [-0.2, -0.15) is 8.78 Å². The predicted octanol–water partition coefficient (Wildman–Crippen LogP) is 4.74. The number of carbonyl (C=O) groups is 1. The zero-order chi connectivity index (χ0) is 17.1. The first-order valence-corrected chi connectivity index (χ1v) is 8.17. The fraction of sp³-hybridized carbons (Fsp3) is 0.167. The number of amides is 1. The Labute approximate surface area is 141 Å². The zero-order valence-electron chi connectivity index (χ0n) is 12.9. The van der Waals surface area contributed by atoms with Crippen molar-refractivity contribution in [3.8, 4) is 5.75 Å². The van der Waals surface area contributed by atoms with Crippen LogP contribution in [0.1, 0.15) is 20.8 Å². The Bertz CT molecular complexity index is 876. The number of fused-ring (bicyclic) bond motifs is 1. The van der Waals surface area contributed by atoms with E-state index >= 15 is 0 Å². The summed E-state index contributed by atoms with van der Waals surface area (Å²) in [6, 6.07) is 14.2. The molecule has 3 nitrogen and oxygen atoms in total. The van der Waals surface area contributed by atoms with Gasteiger partial charge in [0.05, 0.1) is 4.88 Å². The van der Waals surface area contributed by atoms with Crippen LogP contribution >= 0.6 is 11.3 Å². The standard InChI is InChI=1S/C18H15F2NO2S/c1-11-13-7-3-5-9-15(13)24-16(11)17(22)21-10-12-6-2-4-8-14(12)23-18(19)20/h2-9,18H,10H2,1H3,(H,21,22). The van der Waals surface area contributed by atoms with Crippen LogP contribution in [0.4, 0.5) is 8.78 Å². The van der Waals surface area contributed by atoms with Crippen molar-refractivity contribution in [2.24, 2.45) is 0 Å². The molecule has 6 heteroatoms. The van der Waals surface area contributed by atoms with Gasteiger partial charge in [-0.25, -0.2) is 0 Å². The molecular weight excluding hydrogens is 332 g/mol. The lowest BCUT2D eigenvalue weighted by atomic mass is 10.1. The summed E-state index contributed by atoms with van der Waals surface area (Å²) < 4.78 is 30.4. The van der Waals surface area contributed by atoms with E-state index in [2.05, 4.69) is 10.1 Å². The summed E-state index contributed by atoms with van der Waals surface area (Å²) in [7, 11) is 0. The van der Waals surface area contributed by atoms with E-state index in [1.165, 1.54) is 17.4 Å². The molecule has 24 heavy (non-hydrogen) atoms. The SMILES string of the molecule is Cc1c(C(=O)NCc2ccccc2OC(F)F)sc2ccccc12. The van der Waals surface area contributed by atoms with Gasteiger partial charge in [0.25, 0.3) is 5.91 Å². The van der Waals surface area contributed by atoms with Gasteiger partial charge in [-0.1, -0.05) is 36.4 Å². The molecule has 0 aliphatic carbocycles. The third-order valence-electron chi connectivity index (χ3n) is 3.68. The van der Waals surface area contributed by atoms with Crippen molar-refractivity contribution in [2.45, 2.75) is 20.1 Å². The summed E-state index contributed by atoms with van der Waals surface area (Å²) in [5, 5.41) is 3.83. The second kappa shape index (κ2) is 6.97. The van der Waals surface area contributed by atoms with Crippen molar-refractivity contribution in [1.82, 2.24) is 5.32 Å². The molecule has 1 N–H and O–H groups in total. The molecule has 3 rings (SSSR count). The van der Waals surface area contributed by atoms with E-state index in [0.717, 1.165) is 15.6 Å². The maximum absolute atomic E-state index is 12.5. The highest BCUT2D eigenvalue weighted by Gasteiger charge is 2.16. The van der Waals surface area contributed by atoms with Crippen molar-refractivity contribution in [1.29, 1.82) is 0 Å². The predicted molar refractivity (Wildman–Crippen MR) is 90.8 cm³/mol. The topological polar surface area (TPSA) is 38.3 Å². The van der Waals surface area contributed by atoms with Gasteiger partial charge in [0.2, 0.25) is 0 Å². The van der Waals surface area contributed by atoms with Gasteiger partial charge < -0.3 is 10.1 Å². The first-order valence-electron chi connectivity index (χ1n) is 7.35. The molecule has 1 amide bonds. The number of para-hydroxylation sites is 1. The Morgan fingerprint density at radius 3 is 2.62 bits per heavy atom. The molecule has 0 fully saturated rings. The Hall–Kier alpha value is -2.47. The number of benzene rings is 2. The lowest BCUT2D eigenvalue weighted by Gasteiger charge is -2.11. The van der Waals surface area contributed by atoms with Crippen molar-refractivity contribution in [3.05, 3.63) is 64.5 Å². The van der Waals surface area contributed by atoms with Crippen molar-refractivity contribution >= 4 is 27.3 Å². The van der Waals surface area contributed by atoms with Crippen molar-refractivity contribution < 1.29 is 18.3 Å². The van der Waals surface area contributed by atoms with Crippen LogP contribution in [0.2, 0.25) is 0 Å². The number of carbonyl (C=O) groups excluding carboxylic acids is 1. The molecule has 2 aromatic carbocycles. The summed E-state index contributed by atoms with van der Waals surface area (Å²) in [4.78, 5) is 13.1. The van der Waals surface area contributed by atoms with Crippen molar-refractivity contribution in [2.75, 3.05) is 0 Å². The molecule has 0 unspecified atom stereocenters. The molecule has 0 aliphatic heterocycles. The summed E-state index contributed by atoms with van der Waals surface area (Å²) in [5.41, 5.74) is 1.43. The summed E-state index contributed by atoms with van der Waals surface area (Å²) >= 11 is 1.42. The normalized spacial score (nSPS) is 11.0. The van der Waals surface area contributed by atoms with Gasteiger partial charge in [-0.05, 0) is 30.0 Å². The van der Waals surface area contributed by atoms with Crippen molar-refractivity contribution in [3.63, 3.8) is 0 Å². The number of rotatable bonds is 5. The monoisotopic (exact) mass is 347 g/mol. The lowest BCUT2D eigenvalue weighted by Crippen LogP contribution is -2.23. The number of hydrogen-bond acceptors (Lipinski definition) is 3. The van der Waals surface area contributed by atoms with Crippen LogP contribution in [-0.2, 0) is 6.54 Å². The summed E-state index contributed by atoms with van der Waals surface area (Å²) in [5.74, 6) is -0.151. The van der Waals surface area contributed by atoms with Gasteiger partial charge in [0, 0.05) is 16.8 Å². The third kappa shape index (κ3) is 3.38. The number of hydrogen-bond donors (Lipinski definition) is 1. The molecule has 0 aliphatic rings. The van der Waals surface area contributed by atoms with E-state index in [9.17, 15) is 13.6 Å². The molecule has 0 spiro atoms. The highest BCUT2D eigenvalue weighted by Crippen LogP contribution is 2.30. The first-order chi connectivity index (χ1) is 11.6. The van der Waals surface area contributed by atoms with E-state index in [-0.39, 0.29) is 18.2 Å². The lowest BCUT2D eigenvalue weighted by molar-refractivity contribution is -0.0504. The van der Waals surface area contributed by atoms with E-state index in [1.807, 2.05) is 31.2 Å². The minimum absolute atomic E-state index is 0.0702. The third-order valence-corrected chi connectivity index (χ3v) is 4.95. The highest BCUT2D eigenvalue weighted by molar-refractivity contribution is 7.21. The smallest absolute Gasteiger partial charge is 0.387 e. The largest absolute Gasteiger partial charge is 0.434 e. The average Bonchev–Trinajstić information content (AvgIpc) is 2.91. The van der Waals surface area contributed by atoms with Crippen LogP contribution in [0, 0.1) is 6.92 Å². The van der Waals surface area contributed by atoms with Gasteiger partial charge in [0.15, 0.2) is 0 Å². The minimum Gasteiger partial charge on any atom is -0.434 e. The molecule has 0 saturated heterocycles. The molecule has 0 saturated carbocycles. The summed E-state index contributed by atoms with van der Waals surface area (Å²) in [6.45, 7) is -0.872. The van der Waals surface area contributed by atoms with Gasteiger partial charge in [-0.3, -0.25) is 4.79 Å². The zero-order valence-corrected chi connectivity index (χ0v) is 13.7. The van der Waals surface area contributed by atoms with Gasteiger partial charge in [0.1, 0.15) is 5.75 Å². The molecule has 1 aromatic heterocycles. The fourth-order valence-electron chi connectivity index (χ4n) is 2.51. The molecule has 0 radical (unpaired) electrons. The van der Waals surface area contributed by atoms with Crippen LogP contribution in [0.3, 0.4) is 0 Å². The Balaban J connectivity index is 1.77. The molecule has 3 aromatic rings. The van der Waals surface area contributed by atoms with Gasteiger partial charge >= 0.3 is 6.61 Å². The van der Waals surface area contributed by atoms with Crippen LogP contribution in [-0.4, -0.2) is 12.5 Å². The number of nitrogens with one attached hydrogen (secondary N) is 1. The van der Waals surface area contributed by atoms with Crippen LogP contribution in [0.15, 0.2) is 48.5 Å². The second-order valence-electron chi connectivity index (χ2n) is 5.22. The van der Waals surface area contributed by atoms with Gasteiger partial charge in [-0.15, -0.1) is 11.3 Å².